The molecular formula is C27H34N2O5. The first-order valence-electron chi connectivity index (χ1n) is 12.0. The van der Waals surface area contributed by atoms with Crippen molar-refractivity contribution < 1.29 is 24.2 Å². The fourth-order valence-electron chi connectivity index (χ4n) is 4.60. The van der Waals surface area contributed by atoms with Gasteiger partial charge in [-0.25, -0.2) is 4.79 Å². The number of ether oxygens (including phenoxy) is 1. The minimum atomic E-state index is -1.02. The number of carbonyl (C=O) groups excluding carboxylic acids is 2. The number of carbonyl (C=O) groups is 3. The average Bonchev–Trinajstić information content (AvgIpc) is 3.17. The summed E-state index contributed by atoms with van der Waals surface area (Å²) in [4.78, 5) is 37.1. The third-order valence-corrected chi connectivity index (χ3v) is 6.94. The number of aliphatic carboxylic acids is 1. The molecule has 0 unspecified atom stereocenters. The molecule has 7 heteroatoms. The van der Waals surface area contributed by atoms with Crippen LogP contribution in [0, 0.1) is 5.41 Å². The molecule has 34 heavy (non-hydrogen) atoms. The molecule has 0 bridgehead atoms. The van der Waals surface area contributed by atoms with Crippen molar-refractivity contribution in [2.75, 3.05) is 13.2 Å². The summed E-state index contributed by atoms with van der Waals surface area (Å²) in [6.07, 6.45) is 1.24. The third kappa shape index (κ3) is 5.24. The zero-order valence-corrected chi connectivity index (χ0v) is 20.1. The van der Waals surface area contributed by atoms with E-state index < -0.39 is 29.4 Å². The van der Waals surface area contributed by atoms with Crippen molar-refractivity contribution in [1.29, 1.82) is 0 Å². The lowest BCUT2D eigenvalue weighted by Crippen LogP contribution is -2.50. The molecule has 3 rings (SSSR count). The van der Waals surface area contributed by atoms with Crippen LogP contribution in [0.4, 0.5) is 4.79 Å². The van der Waals surface area contributed by atoms with Gasteiger partial charge in [-0.2, -0.15) is 0 Å². The maximum Gasteiger partial charge on any atom is 0.407 e. The van der Waals surface area contributed by atoms with E-state index in [1.165, 1.54) is 0 Å². The molecule has 0 aromatic heterocycles. The first-order chi connectivity index (χ1) is 16.4. The van der Waals surface area contributed by atoms with Crippen LogP contribution in [0.5, 0.6) is 0 Å². The van der Waals surface area contributed by atoms with E-state index in [1.54, 1.807) is 13.8 Å². The highest BCUT2D eigenvalue weighted by atomic mass is 16.5. The molecule has 3 N–H and O–H groups in total. The molecule has 0 heterocycles. The molecule has 2 amide bonds. The predicted octanol–water partition coefficient (Wildman–Crippen LogP) is 4.70. The van der Waals surface area contributed by atoms with Crippen LogP contribution in [0.1, 0.15) is 63.5 Å². The van der Waals surface area contributed by atoms with Gasteiger partial charge in [0, 0.05) is 12.5 Å². The van der Waals surface area contributed by atoms with Crippen LogP contribution in [-0.4, -0.2) is 42.3 Å². The van der Waals surface area contributed by atoms with Gasteiger partial charge < -0.3 is 20.5 Å². The van der Waals surface area contributed by atoms with Gasteiger partial charge in [-0.3, -0.25) is 9.59 Å². The zero-order valence-electron chi connectivity index (χ0n) is 20.1. The van der Waals surface area contributed by atoms with Gasteiger partial charge in [0.05, 0.1) is 5.41 Å². The maximum absolute atomic E-state index is 12.8. The first kappa shape index (κ1) is 25.3. The van der Waals surface area contributed by atoms with Gasteiger partial charge in [-0.1, -0.05) is 75.7 Å². The number of nitrogens with one attached hydrogen (secondary N) is 2. The number of fused-ring (bicyclic) bond motifs is 3. The largest absolute Gasteiger partial charge is 0.481 e. The lowest BCUT2D eigenvalue weighted by atomic mass is 9.82. The SMILES string of the molecule is CCC[C@@H](NC(=O)OCC1c2ccccc2-c2ccccc21)C(=O)NCC(CC)(CC)C(=O)O. The average molecular weight is 467 g/mol. The number of hydrogen-bond donors (Lipinski definition) is 3. The third-order valence-electron chi connectivity index (χ3n) is 6.94. The van der Waals surface area contributed by atoms with Crippen LogP contribution in [0.2, 0.25) is 0 Å². The second-order valence-corrected chi connectivity index (χ2v) is 8.82. The van der Waals surface area contributed by atoms with Crippen LogP contribution in [-0.2, 0) is 14.3 Å². The van der Waals surface area contributed by atoms with E-state index in [0.717, 1.165) is 22.3 Å². The molecule has 7 nitrogen and oxygen atoms in total. The fourth-order valence-corrected chi connectivity index (χ4v) is 4.60. The highest BCUT2D eigenvalue weighted by Crippen LogP contribution is 2.44. The van der Waals surface area contributed by atoms with Crippen molar-refractivity contribution in [2.45, 2.75) is 58.4 Å². The lowest BCUT2D eigenvalue weighted by Gasteiger charge is -2.28. The van der Waals surface area contributed by atoms with Gasteiger partial charge in [0.15, 0.2) is 0 Å². The molecule has 1 atom stereocenters. The molecular weight excluding hydrogens is 432 g/mol. The number of carboxylic acids is 1. The van der Waals surface area contributed by atoms with E-state index >= 15 is 0 Å². The topological polar surface area (TPSA) is 105 Å². The Bertz CT molecular complexity index is 986. The normalized spacial score (nSPS) is 13.5. The monoisotopic (exact) mass is 466 g/mol. The van der Waals surface area contributed by atoms with E-state index in [-0.39, 0.29) is 19.1 Å². The zero-order chi connectivity index (χ0) is 24.7. The highest BCUT2D eigenvalue weighted by molar-refractivity contribution is 5.86. The Kier molecular flexibility index (Phi) is 8.31. The number of benzene rings is 2. The number of alkyl carbamates (subject to hydrolysis) is 1. The summed E-state index contributed by atoms with van der Waals surface area (Å²) in [5.41, 5.74) is 3.50. The quantitative estimate of drug-likeness (QED) is 0.445. The fraction of sp³-hybridized carbons (Fsp3) is 0.444. The van der Waals surface area contributed by atoms with Gasteiger partial charge >= 0.3 is 12.1 Å². The number of rotatable bonds is 11. The molecule has 0 fully saturated rings. The molecule has 0 spiro atoms. The Hall–Kier alpha value is -3.35. The Morgan fingerprint density at radius 2 is 1.53 bits per heavy atom. The predicted molar refractivity (Wildman–Crippen MR) is 131 cm³/mol. The molecule has 0 aliphatic heterocycles. The van der Waals surface area contributed by atoms with Crippen molar-refractivity contribution in [2.24, 2.45) is 5.41 Å². The Labute approximate surface area is 200 Å². The molecule has 2 aromatic rings. The number of hydrogen-bond acceptors (Lipinski definition) is 4. The van der Waals surface area contributed by atoms with Gasteiger partial charge in [-0.15, -0.1) is 0 Å². The molecule has 2 aromatic carbocycles. The second kappa shape index (κ2) is 11.2. The van der Waals surface area contributed by atoms with E-state index in [2.05, 4.69) is 22.8 Å². The highest BCUT2D eigenvalue weighted by Gasteiger charge is 2.36. The summed E-state index contributed by atoms with van der Waals surface area (Å²) < 4.78 is 5.57. The molecule has 1 aliphatic carbocycles. The Morgan fingerprint density at radius 1 is 0.971 bits per heavy atom. The van der Waals surface area contributed by atoms with Crippen LogP contribution in [0.15, 0.2) is 48.5 Å². The molecule has 0 radical (unpaired) electrons. The molecule has 1 aliphatic rings. The number of carboxylic acid groups (broad SMARTS) is 1. The summed E-state index contributed by atoms with van der Waals surface area (Å²) in [7, 11) is 0. The lowest BCUT2D eigenvalue weighted by molar-refractivity contribution is -0.149. The van der Waals surface area contributed by atoms with E-state index in [4.69, 9.17) is 4.74 Å². The minimum Gasteiger partial charge on any atom is -0.481 e. The summed E-state index contributed by atoms with van der Waals surface area (Å²) in [6.45, 7) is 5.68. The smallest absolute Gasteiger partial charge is 0.407 e. The van der Waals surface area contributed by atoms with Crippen LogP contribution in [0.25, 0.3) is 11.1 Å². The number of amides is 2. The molecule has 0 saturated heterocycles. The van der Waals surface area contributed by atoms with Gasteiger partial charge in [-0.05, 0) is 41.5 Å². The van der Waals surface area contributed by atoms with Crippen molar-refractivity contribution in [3.63, 3.8) is 0 Å². The summed E-state index contributed by atoms with van der Waals surface area (Å²) in [6, 6.07) is 15.4. The van der Waals surface area contributed by atoms with E-state index in [9.17, 15) is 19.5 Å². The maximum atomic E-state index is 12.8. The van der Waals surface area contributed by atoms with Crippen molar-refractivity contribution >= 4 is 18.0 Å². The molecule has 0 saturated carbocycles. The van der Waals surface area contributed by atoms with Gasteiger partial charge in [0.25, 0.3) is 0 Å². The molecule has 182 valence electrons. The van der Waals surface area contributed by atoms with E-state index in [0.29, 0.717) is 25.7 Å². The minimum absolute atomic E-state index is 0.0146. The summed E-state index contributed by atoms with van der Waals surface area (Å²) in [5, 5.41) is 15.0. The van der Waals surface area contributed by atoms with Crippen molar-refractivity contribution in [1.82, 2.24) is 10.6 Å². The van der Waals surface area contributed by atoms with Crippen molar-refractivity contribution in [3.05, 3.63) is 59.7 Å². The summed E-state index contributed by atoms with van der Waals surface area (Å²) in [5.74, 6) is -1.40. The van der Waals surface area contributed by atoms with Crippen molar-refractivity contribution in [3.8, 4) is 11.1 Å². The Morgan fingerprint density at radius 3 is 2.03 bits per heavy atom. The van der Waals surface area contributed by atoms with Crippen LogP contribution < -0.4 is 10.6 Å². The van der Waals surface area contributed by atoms with Crippen LogP contribution in [0.3, 0.4) is 0 Å². The first-order valence-corrected chi connectivity index (χ1v) is 12.0. The van der Waals surface area contributed by atoms with Gasteiger partial charge in [0.1, 0.15) is 12.6 Å². The van der Waals surface area contributed by atoms with E-state index in [1.807, 2.05) is 43.3 Å². The Balaban J connectivity index is 1.62. The van der Waals surface area contributed by atoms with Crippen LogP contribution >= 0.6 is 0 Å². The summed E-state index contributed by atoms with van der Waals surface area (Å²) >= 11 is 0. The standard InChI is InChI=1S/C27H34N2O5/c1-4-11-23(24(30)28-17-27(5-2,6-3)25(31)32)29-26(33)34-16-22-20-14-9-7-12-18(20)19-13-8-10-15-21(19)22/h7-10,12-15,22-23H,4-6,11,16-17H2,1-3H3,(H,28,30)(H,29,33)(H,31,32)/t23-/m1/s1. The van der Waals surface area contributed by atoms with Gasteiger partial charge in [0.2, 0.25) is 5.91 Å². The second-order valence-electron chi connectivity index (χ2n) is 8.82.